The molecule has 2 rings (SSSR count). The van der Waals surface area contributed by atoms with E-state index in [1.807, 2.05) is 6.92 Å². The minimum atomic E-state index is -1.39. The molecule has 1 aromatic heterocycles. The number of aryl methyl sites for hydroxylation is 1. The molecule has 0 radical (unpaired) electrons. The Hall–Kier alpha value is -1.63. The number of carbonyl (C=O) groups is 1. The largest absolute Gasteiger partial charge is 0.378 e. The highest BCUT2D eigenvalue weighted by Crippen LogP contribution is 2.24. The van der Waals surface area contributed by atoms with Gasteiger partial charge in [0, 0.05) is 17.0 Å². The summed E-state index contributed by atoms with van der Waals surface area (Å²) in [6.07, 6.45) is -0.841. The molecule has 8 heteroatoms. The van der Waals surface area contributed by atoms with Crippen molar-refractivity contribution in [2.45, 2.75) is 32.4 Å². The van der Waals surface area contributed by atoms with E-state index >= 15 is 0 Å². The van der Waals surface area contributed by atoms with Gasteiger partial charge in [-0.3, -0.25) is 4.79 Å². The molecule has 0 bridgehead atoms. The molecule has 118 valence electrons. The van der Waals surface area contributed by atoms with Gasteiger partial charge in [-0.05, 0) is 30.2 Å². The number of aromatic nitrogens is 2. The Morgan fingerprint density at radius 3 is 2.50 bits per heavy atom. The van der Waals surface area contributed by atoms with E-state index in [1.165, 1.54) is 18.2 Å². The Morgan fingerprint density at radius 2 is 2.00 bits per heavy atom. The number of rotatable bonds is 5. The van der Waals surface area contributed by atoms with Gasteiger partial charge in [0.25, 0.3) is 5.91 Å². The summed E-state index contributed by atoms with van der Waals surface area (Å²) in [5.41, 5.74) is 0.314. The van der Waals surface area contributed by atoms with E-state index in [0.717, 1.165) is 0 Å². The summed E-state index contributed by atoms with van der Waals surface area (Å²) in [6, 6.07) is 4.04. The van der Waals surface area contributed by atoms with Crippen molar-refractivity contribution in [3.05, 3.63) is 45.5 Å². The first-order valence-corrected chi connectivity index (χ1v) is 7.41. The van der Waals surface area contributed by atoms with Crippen LogP contribution in [0.1, 0.15) is 42.8 Å². The maximum absolute atomic E-state index is 12.2. The summed E-state index contributed by atoms with van der Waals surface area (Å²) in [7, 11) is 0. The molecule has 0 fully saturated rings. The average molecular weight is 344 g/mol. The Morgan fingerprint density at radius 1 is 1.36 bits per heavy atom. The van der Waals surface area contributed by atoms with Crippen LogP contribution < -0.4 is 5.32 Å². The van der Waals surface area contributed by atoms with Crippen LogP contribution >= 0.6 is 23.2 Å². The van der Waals surface area contributed by atoms with E-state index in [-0.39, 0.29) is 0 Å². The third-order valence-corrected chi connectivity index (χ3v) is 3.47. The Labute approximate surface area is 137 Å². The van der Waals surface area contributed by atoms with Gasteiger partial charge >= 0.3 is 0 Å². The van der Waals surface area contributed by atoms with Gasteiger partial charge in [-0.1, -0.05) is 35.3 Å². The lowest BCUT2D eigenvalue weighted by atomic mass is 10.1. The van der Waals surface area contributed by atoms with Crippen molar-refractivity contribution < 1.29 is 14.4 Å². The van der Waals surface area contributed by atoms with Crippen LogP contribution in [0, 0.1) is 6.92 Å². The zero-order valence-electron chi connectivity index (χ0n) is 12.0. The van der Waals surface area contributed by atoms with Crippen LogP contribution in [0.4, 0.5) is 0 Å². The molecule has 0 saturated carbocycles. The van der Waals surface area contributed by atoms with Gasteiger partial charge in [-0.2, -0.15) is 4.98 Å². The maximum Gasteiger partial charge on any atom is 0.254 e. The fourth-order valence-electron chi connectivity index (χ4n) is 1.94. The maximum atomic E-state index is 12.2. The van der Waals surface area contributed by atoms with E-state index in [2.05, 4.69) is 15.5 Å². The number of benzene rings is 1. The van der Waals surface area contributed by atoms with Gasteiger partial charge < -0.3 is 14.9 Å². The van der Waals surface area contributed by atoms with E-state index < -0.39 is 18.1 Å². The Balaban J connectivity index is 2.13. The molecule has 0 aliphatic rings. The van der Waals surface area contributed by atoms with Gasteiger partial charge in [0.15, 0.2) is 11.9 Å². The first-order chi connectivity index (χ1) is 10.4. The number of halogens is 2. The number of carbonyl (C=O) groups excluding carboxylic acids is 1. The van der Waals surface area contributed by atoms with Gasteiger partial charge in [0.05, 0.1) is 6.04 Å². The van der Waals surface area contributed by atoms with Crippen LogP contribution in [-0.4, -0.2) is 21.2 Å². The molecule has 1 heterocycles. The standard InChI is InChI=1S/C14H15Cl2N3O3/c1-3-11(13-17-7(2)22-19-13)18-14(21)12(20)8-4-9(15)6-10(16)5-8/h4-6,11-12,20H,3H2,1-2H3,(H,18,21)/t11-,12-/m1/s1. The lowest BCUT2D eigenvalue weighted by Crippen LogP contribution is -2.33. The van der Waals surface area contributed by atoms with Crippen LogP contribution in [0.5, 0.6) is 0 Å². The van der Waals surface area contributed by atoms with Crippen molar-refractivity contribution in [2.24, 2.45) is 0 Å². The Bertz CT molecular complexity index is 655. The van der Waals surface area contributed by atoms with Gasteiger partial charge in [0.1, 0.15) is 0 Å². The fourth-order valence-corrected chi connectivity index (χ4v) is 2.48. The van der Waals surface area contributed by atoms with Crippen LogP contribution in [0.3, 0.4) is 0 Å². The molecular weight excluding hydrogens is 329 g/mol. The second-order valence-electron chi connectivity index (χ2n) is 4.75. The Kier molecular flexibility index (Phi) is 5.39. The fraction of sp³-hybridized carbons (Fsp3) is 0.357. The number of nitrogens with one attached hydrogen (secondary N) is 1. The summed E-state index contributed by atoms with van der Waals surface area (Å²) >= 11 is 11.7. The third kappa shape index (κ3) is 3.97. The second kappa shape index (κ2) is 7.09. The quantitative estimate of drug-likeness (QED) is 0.871. The molecule has 0 spiro atoms. The smallest absolute Gasteiger partial charge is 0.254 e. The number of hydrogen-bond donors (Lipinski definition) is 2. The van der Waals surface area contributed by atoms with Crippen LogP contribution in [0.25, 0.3) is 0 Å². The van der Waals surface area contributed by atoms with Gasteiger partial charge in [0.2, 0.25) is 5.89 Å². The lowest BCUT2D eigenvalue weighted by Gasteiger charge is -2.17. The molecule has 2 aromatic rings. The SMILES string of the molecule is CC[C@@H](NC(=O)[C@H](O)c1cc(Cl)cc(Cl)c1)c1noc(C)n1. The van der Waals surface area contributed by atoms with E-state index in [1.54, 1.807) is 6.92 Å². The predicted octanol–water partition coefficient (Wildman–Crippen LogP) is 2.99. The number of nitrogens with zero attached hydrogens (tertiary/aromatic N) is 2. The molecule has 0 aliphatic carbocycles. The normalized spacial score (nSPS) is 13.7. The van der Waals surface area contributed by atoms with Crippen LogP contribution in [-0.2, 0) is 4.79 Å². The first kappa shape index (κ1) is 16.7. The number of amides is 1. The van der Waals surface area contributed by atoms with Crippen molar-refractivity contribution in [1.29, 1.82) is 0 Å². The number of aliphatic hydroxyl groups excluding tert-OH is 1. The summed E-state index contributed by atoms with van der Waals surface area (Å²) in [5.74, 6) is 0.183. The van der Waals surface area contributed by atoms with Crippen molar-refractivity contribution in [1.82, 2.24) is 15.5 Å². The van der Waals surface area contributed by atoms with Crippen molar-refractivity contribution in [3.8, 4) is 0 Å². The zero-order chi connectivity index (χ0) is 16.3. The van der Waals surface area contributed by atoms with Crippen LogP contribution in [0.15, 0.2) is 22.7 Å². The first-order valence-electron chi connectivity index (χ1n) is 6.65. The summed E-state index contributed by atoms with van der Waals surface area (Å²) in [4.78, 5) is 16.3. The molecule has 2 N–H and O–H groups in total. The average Bonchev–Trinajstić information content (AvgIpc) is 2.89. The number of aliphatic hydroxyl groups is 1. The summed E-state index contributed by atoms with van der Waals surface area (Å²) in [5, 5.41) is 17.3. The van der Waals surface area contributed by atoms with E-state index in [4.69, 9.17) is 27.7 Å². The highest BCUT2D eigenvalue weighted by Gasteiger charge is 2.24. The summed E-state index contributed by atoms with van der Waals surface area (Å²) < 4.78 is 4.90. The lowest BCUT2D eigenvalue weighted by molar-refractivity contribution is -0.130. The van der Waals surface area contributed by atoms with Crippen molar-refractivity contribution in [3.63, 3.8) is 0 Å². The van der Waals surface area contributed by atoms with Crippen molar-refractivity contribution >= 4 is 29.1 Å². The van der Waals surface area contributed by atoms with E-state index in [9.17, 15) is 9.90 Å². The third-order valence-electron chi connectivity index (χ3n) is 3.03. The molecule has 2 atom stereocenters. The van der Waals surface area contributed by atoms with Crippen LogP contribution in [0.2, 0.25) is 10.0 Å². The molecule has 22 heavy (non-hydrogen) atoms. The molecule has 1 aromatic carbocycles. The minimum absolute atomic E-state index is 0.314. The summed E-state index contributed by atoms with van der Waals surface area (Å²) in [6.45, 7) is 3.52. The highest BCUT2D eigenvalue weighted by molar-refractivity contribution is 6.34. The molecule has 0 unspecified atom stereocenters. The van der Waals surface area contributed by atoms with Gasteiger partial charge in [-0.25, -0.2) is 0 Å². The highest BCUT2D eigenvalue weighted by atomic mass is 35.5. The molecule has 0 saturated heterocycles. The molecule has 1 amide bonds. The molecule has 6 nitrogen and oxygen atoms in total. The number of hydrogen-bond acceptors (Lipinski definition) is 5. The second-order valence-corrected chi connectivity index (χ2v) is 5.62. The van der Waals surface area contributed by atoms with Crippen molar-refractivity contribution in [2.75, 3.05) is 0 Å². The van der Waals surface area contributed by atoms with E-state index in [0.29, 0.717) is 33.7 Å². The van der Waals surface area contributed by atoms with Gasteiger partial charge in [-0.15, -0.1) is 0 Å². The minimum Gasteiger partial charge on any atom is -0.378 e. The molecule has 0 aliphatic heterocycles. The molecular formula is C14H15Cl2N3O3. The topological polar surface area (TPSA) is 88.2 Å². The predicted molar refractivity (Wildman–Crippen MR) is 81.6 cm³/mol. The zero-order valence-corrected chi connectivity index (χ0v) is 13.5. The monoisotopic (exact) mass is 343 g/mol.